The number of hydrogen-bond donors (Lipinski definition) is 1. The second-order valence-corrected chi connectivity index (χ2v) is 5.52. The van der Waals surface area contributed by atoms with Crippen molar-refractivity contribution in [1.29, 1.82) is 0 Å². The number of alkyl halides is 1. The lowest BCUT2D eigenvalue weighted by Crippen LogP contribution is -2.33. The topological polar surface area (TPSA) is 38.3 Å². The van der Waals surface area contributed by atoms with Gasteiger partial charge < -0.3 is 10.1 Å². The van der Waals surface area contributed by atoms with E-state index in [9.17, 15) is 4.79 Å². The highest BCUT2D eigenvalue weighted by molar-refractivity contribution is 9.09. The molecule has 0 spiro atoms. The van der Waals surface area contributed by atoms with Crippen molar-refractivity contribution < 1.29 is 9.53 Å². The molecule has 2 aromatic rings. The molecule has 0 saturated heterocycles. The number of carbonyl (C=O) groups is 1. The van der Waals surface area contributed by atoms with Gasteiger partial charge in [0.2, 0.25) is 0 Å². The van der Waals surface area contributed by atoms with Crippen LogP contribution >= 0.6 is 27.5 Å². The molecule has 0 bridgehead atoms. The quantitative estimate of drug-likeness (QED) is 0.784. The van der Waals surface area contributed by atoms with Gasteiger partial charge in [-0.15, -0.1) is 0 Å². The van der Waals surface area contributed by atoms with Gasteiger partial charge in [-0.25, -0.2) is 0 Å². The van der Waals surface area contributed by atoms with Crippen molar-refractivity contribution in [3.8, 4) is 5.75 Å². The number of nitrogens with one attached hydrogen (secondary N) is 1. The third-order valence-corrected chi connectivity index (χ3v) is 3.74. The van der Waals surface area contributed by atoms with Gasteiger partial charge in [-0.05, 0) is 23.8 Å². The molecule has 0 saturated carbocycles. The monoisotopic (exact) mass is 367 g/mol. The van der Waals surface area contributed by atoms with E-state index in [1.807, 2.05) is 30.3 Å². The number of amides is 1. The summed E-state index contributed by atoms with van der Waals surface area (Å²) in [6, 6.07) is 16.7. The zero-order valence-corrected chi connectivity index (χ0v) is 13.6. The summed E-state index contributed by atoms with van der Waals surface area (Å²) in [6.07, 6.45) is 0. The third kappa shape index (κ3) is 5.06. The van der Waals surface area contributed by atoms with Crippen LogP contribution in [0.5, 0.6) is 5.75 Å². The summed E-state index contributed by atoms with van der Waals surface area (Å²) >= 11 is 9.27. The van der Waals surface area contributed by atoms with Crippen molar-refractivity contribution in [1.82, 2.24) is 5.32 Å². The molecule has 1 N–H and O–H groups in total. The molecule has 110 valence electrons. The van der Waals surface area contributed by atoms with E-state index in [0.717, 1.165) is 5.56 Å². The second kappa shape index (κ2) is 8.05. The van der Waals surface area contributed by atoms with Crippen LogP contribution in [0.25, 0.3) is 0 Å². The average molecular weight is 369 g/mol. The fourth-order valence-corrected chi connectivity index (χ4v) is 2.55. The lowest BCUT2D eigenvalue weighted by atomic mass is 10.1. The molecule has 0 aliphatic heterocycles. The van der Waals surface area contributed by atoms with Gasteiger partial charge in [0, 0.05) is 10.4 Å². The number of benzene rings is 2. The summed E-state index contributed by atoms with van der Waals surface area (Å²) in [4.78, 5) is 12.0. The highest BCUT2D eigenvalue weighted by Crippen LogP contribution is 2.17. The van der Waals surface area contributed by atoms with Crippen LogP contribution in [-0.4, -0.2) is 17.8 Å². The maximum atomic E-state index is 12.0. The van der Waals surface area contributed by atoms with Crippen molar-refractivity contribution in [2.45, 2.75) is 6.04 Å². The predicted molar refractivity (Wildman–Crippen MR) is 88.1 cm³/mol. The van der Waals surface area contributed by atoms with Crippen LogP contribution in [0.15, 0.2) is 54.6 Å². The van der Waals surface area contributed by atoms with Crippen molar-refractivity contribution in [3.05, 3.63) is 65.2 Å². The Bertz CT molecular complexity index is 592. The first kappa shape index (κ1) is 15.9. The molecule has 1 unspecified atom stereocenters. The summed E-state index contributed by atoms with van der Waals surface area (Å²) in [5.74, 6) is 0.399. The van der Waals surface area contributed by atoms with Gasteiger partial charge in [0.1, 0.15) is 5.75 Å². The lowest BCUT2D eigenvalue weighted by molar-refractivity contribution is -0.123. The van der Waals surface area contributed by atoms with Crippen LogP contribution in [-0.2, 0) is 4.79 Å². The number of ether oxygens (including phenoxy) is 1. The van der Waals surface area contributed by atoms with Crippen molar-refractivity contribution >= 4 is 33.4 Å². The van der Waals surface area contributed by atoms with E-state index in [1.54, 1.807) is 24.3 Å². The van der Waals surface area contributed by atoms with E-state index in [0.29, 0.717) is 16.1 Å². The minimum absolute atomic E-state index is 0.0450. The first-order chi connectivity index (χ1) is 10.2. The highest BCUT2D eigenvalue weighted by atomic mass is 79.9. The average Bonchev–Trinajstić information content (AvgIpc) is 2.51. The second-order valence-electron chi connectivity index (χ2n) is 4.43. The molecule has 0 fully saturated rings. The van der Waals surface area contributed by atoms with Gasteiger partial charge in [-0.1, -0.05) is 63.9 Å². The molecule has 2 aromatic carbocycles. The summed E-state index contributed by atoms with van der Waals surface area (Å²) in [5.41, 5.74) is 1.05. The maximum Gasteiger partial charge on any atom is 0.258 e. The van der Waals surface area contributed by atoms with Gasteiger partial charge in [0.15, 0.2) is 6.61 Å². The first-order valence-corrected chi connectivity index (χ1v) is 7.97. The third-order valence-electron chi connectivity index (χ3n) is 2.86. The Balaban J connectivity index is 1.89. The van der Waals surface area contributed by atoms with Gasteiger partial charge in [0.25, 0.3) is 5.91 Å². The van der Waals surface area contributed by atoms with Crippen molar-refractivity contribution in [2.24, 2.45) is 0 Å². The fourth-order valence-electron chi connectivity index (χ4n) is 1.84. The Labute approximate surface area is 137 Å². The maximum absolute atomic E-state index is 12.0. The molecule has 0 heterocycles. The smallest absolute Gasteiger partial charge is 0.258 e. The van der Waals surface area contributed by atoms with Crippen LogP contribution in [0.3, 0.4) is 0 Å². The Morgan fingerprint density at radius 1 is 1.19 bits per heavy atom. The van der Waals surface area contributed by atoms with Crippen molar-refractivity contribution in [2.75, 3.05) is 11.9 Å². The zero-order valence-electron chi connectivity index (χ0n) is 11.3. The fraction of sp³-hybridized carbons (Fsp3) is 0.188. The Kier molecular flexibility index (Phi) is 6.08. The SMILES string of the molecule is O=C(COc1cccc(Cl)c1)NC(CBr)c1ccccc1. The molecule has 0 radical (unpaired) electrons. The molecule has 0 aliphatic rings. The minimum atomic E-state index is -0.178. The molecule has 1 atom stereocenters. The minimum Gasteiger partial charge on any atom is -0.484 e. The highest BCUT2D eigenvalue weighted by Gasteiger charge is 2.13. The summed E-state index contributed by atoms with van der Waals surface area (Å²) in [5, 5.41) is 4.14. The predicted octanol–water partition coefficient (Wildman–Crippen LogP) is 3.97. The molecule has 21 heavy (non-hydrogen) atoms. The number of carbonyl (C=O) groups excluding carboxylic acids is 1. The van der Waals surface area contributed by atoms with E-state index in [4.69, 9.17) is 16.3 Å². The normalized spacial score (nSPS) is 11.7. The van der Waals surface area contributed by atoms with Crippen LogP contribution in [0, 0.1) is 0 Å². The summed E-state index contributed by atoms with van der Waals surface area (Å²) in [7, 11) is 0. The molecule has 0 aromatic heterocycles. The Hall–Kier alpha value is -1.52. The van der Waals surface area contributed by atoms with Gasteiger partial charge in [-0.3, -0.25) is 4.79 Å². The van der Waals surface area contributed by atoms with E-state index in [-0.39, 0.29) is 18.6 Å². The van der Waals surface area contributed by atoms with Crippen LogP contribution in [0.2, 0.25) is 5.02 Å². The lowest BCUT2D eigenvalue weighted by Gasteiger charge is -2.17. The van der Waals surface area contributed by atoms with E-state index >= 15 is 0 Å². The Morgan fingerprint density at radius 3 is 2.62 bits per heavy atom. The largest absolute Gasteiger partial charge is 0.484 e. The molecule has 5 heteroatoms. The van der Waals surface area contributed by atoms with E-state index < -0.39 is 0 Å². The van der Waals surface area contributed by atoms with Gasteiger partial charge in [-0.2, -0.15) is 0 Å². The standard InChI is InChI=1S/C16H15BrClNO2/c17-10-15(12-5-2-1-3-6-12)19-16(20)11-21-14-8-4-7-13(18)9-14/h1-9,15H,10-11H2,(H,19,20). The number of hydrogen-bond acceptors (Lipinski definition) is 2. The molecule has 2 rings (SSSR count). The first-order valence-electron chi connectivity index (χ1n) is 6.47. The van der Waals surface area contributed by atoms with Crippen LogP contribution in [0.4, 0.5) is 0 Å². The van der Waals surface area contributed by atoms with Gasteiger partial charge in [0.05, 0.1) is 6.04 Å². The van der Waals surface area contributed by atoms with Crippen LogP contribution in [0.1, 0.15) is 11.6 Å². The van der Waals surface area contributed by atoms with Crippen LogP contribution < -0.4 is 10.1 Å². The molecular formula is C16H15BrClNO2. The Morgan fingerprint density at radius 2 is 1.95 bits per heavy atom. The van der Waals surface area contributed by atoms with Gasteiger partial charge >= 0.3 is 0 Å². The van der Waals surface area contributed by atoms with E-state index in [2.05, 4.69) is 21.2 Å². The van der Waals surface area contributed by atoms with E-state index in [1.165, 1.54) is 0 Å². The number of halogens is 2. The summed E-state index contributed by atoms with van der Waals surface area (Å²) in [6.45, 7) is -0.0450. The molecular weight excluding hydrogens is 354 g/mol. The zero-order chi connectivity index (χ0) is 15.1. The summed E-state index contributed by atoms with van der Waals surface area (Å²) < 4.78 is 5.42. The molecule has 1 amide bonds. The number of rotatable bonds is 6. The molecule has 3 nitrogen and oxygen atoms in total. The van der Waals surface area contributed by atoms with Crippen molar-refractivity contribution in [3.63, 3.8) is 0 Å². The molecule has 0 aliphatic carbocycles.